The van der Waals surface area contributed by atoms with E-state index in [1.54, 1.807) is 6.07 Å². The summed E-state index contributed by atoms with van der Waals surface area (Å²) in [4.78, 5) is 0. The summed E-state index contributed by atoms with van der Waals surface area (Å²) in [5.74, 6) is -0.0694. The van der Waals surface area contributed by atoms with Crippen molar-refractivity contribution >= 4 is 0 Å². The molecule has 0 aliphatic carbocycles. The van der Waals surface area contributed by atoms with E-state index in [-0.39, 0.29) is 5.82 Å². The van der Waals surface area contributed by atoms with Gasteiger partial charge in [0.2, 0.25) is 0 Å². The van der Waals surface area contributed by atoms with Gasteiger partial charge in [0.25, 0.3) is 0 Å². The van der Waals surface area contributed by atoms with Crippen LogP contribution in [0.1, 0.15) is 24.0 Å². The molecule has 0 aliphatic rings. The summed E-state index contributed by atoms with van der Waals surface area (Å²) in [7, 11) is 1.94. The molecule has 14 heavy (non-hydrogen) atoms. The molecule has 0 spiro atoms. The van der Waals surface area contributed by atoms with E-state index < -0.39 is 0 Å². The lowest BCUT2D eigenvalue weighted by Gasteiger charge is -2.04. The fraction of sp³-hybridized carbons (Fsp3) is 0.500. The summed E-state index contributed by atoms with van der Waals surface area (Å²) in [6.45, 7) is 3.00. The van der Waals surface area contributed by atoms with E-state index in [0.29, 0.717) is 0 Å². The molecule has 0 unspecified atom stereocenters. The van der Waals surface area contributed by atoms with Gasteiger partial charge in [-0.05, 0) is 51.4 Å². The molecule has 1 aromatic carbocycles. The van der Waals surface area contributed by atoms with Gasteiger partial charge in [0, 0.05) is 0 Å². The van der Waals surface area contributed by atoms with Gasteiger partial charge in [-0.25, -0.2) is 4.39 Å². The van der Waals surface area contributed by atoms with E-state index in [4.69, 9.17) is 0 Å². The molecule has 1 aromatic rings. The first kappa shape index (κ1) is 11.2. The van der Waals surface area contributed by atoms with Crippen LogP contribution in [0.4, 0.5) is 4.39 Å². The highest BCUT2D eigenvalue weighted by Gasteiger charge is 2.01. The fourth-order valence-electron chi connectivity index (χ4n) is 1.51. The number of rotatable bonds is 5. The van der Waals surface area contributed by atoms with Crippen LogP contribution in [-0.2, 0) is 6.42 Å². The predicted octanol–water partition coefficient (Wildman–Crippen LogP) is 2.68. The van der Waals surface area contributed by atoms with Crippen LogP contribution in [0.25, 0.3) is 0 Å². The van der Waals surface area contributed by atoms with Crippen molar-refractivity contribution in [3.8, 4) is 0 Å². The lowest BCUT2D eigenvalue weighted by atomic mass is 10.1. The van der Waals surface area contributed by atoms with E-state index >= 15 is 0 Å². The van der Waals surface area contributed by atoms with E-state index in [0.717, 1.165) is 36.9 Å². The van der Waals surface area contributed by atoms with Crippen molar-refractivity contribution in [2.45, 2.75) is 26.2 Å². The summed E-state index contributed by atoms with van der Waals surface area (Å²) in [5.41, 5.74) is 1.98. The SMILES string of the molecule is CNCCCCc1cc(C)ccc1F. The van der Waals surface area contributed by atoms with Crippen LogP contribution in [0.5, 0.6) is 0 Å². The number of nitrogens with one attached hydrogen (secondary N) is 1. The zero-order chi connectivity index (χ0) is 10.4. The van der Waals surface area contributed by atoms with Crippen LogP contribution < -0.4 is 5.32 Å². The van der Waals surface area contributed by atoms with E-state index in [1.807, 2.05) is 26.1 Å². The highest BCUT2D eigenvalue weighted by atomic mass is 19.1. The molecule has 0 heterocycles. The highest BCUT2D eigenvalue weighted by Crippen LogP contribution is 2.12. The summed E-state index contributed by atoms with van der Waals surface area (Å²) < 4.78 is 13.3. The maximum absolute atomic E-state index is 13.3. The lowest BCUT2D eigenvalue weighted by Crippen LogP contribution is -2.07. The molecule has 1 N–H and O–H groups in total. The molecular weight excluding hydrogens is 177 g/mol. The van der Waals surface area contributed by atoms with E-state index in [1.165, 1.54) is 0 Å². The summed E-state index contributed by atoms with van der Waals surface area (Å²) in [5, 5.41) is 3.09. The van der Waals surface area contributed by atoms with E-state index in [2.05, 4.69) is 5.32 Å². The Bertz CT molecular complexity index is 284. The summed E-state index contributed by atoms with van der Waals surface area (Å²) in [6.07, 6.45) is 2.99. The molecule has 0 aliphatic heterocycles. The first-order valence-corrected chi connectivity index (χ1v) is 5.13. The van der Waals surface area contributed by atoms with Gasteiger partial charge in [0.05, 0.1) is 0 Å². The Morgan fingerprint density at radius 2 is 2.07 bits per heavy atom. The van der Waals surface area contributed by atoms with Crippen molar-refractivity contribution in [3.05, 3.63) is 35.1 Å². The van der Waals surface area contributed by atoms with Gasteiger partial charge < -0.3 is 5.32 Å². The molecule has 2 heteroatoms. The summed E-state index contributed by atoms with van der Waals surface area (Å²) >= 11 is 0. The molecule has 78 valence electrons. The second-order valence-electron chi connectivity index (χ2n) is 3.66. The Kier molecular flexibility index (Phi) is 4.60. The molecule has 0 aromatic heterocycles. The number of benzene rings is 1. The van der Waals surface area contributed by atoms with Crippen LogP contribution in [0.15, 0.2) is 18.2 Å². The maximum atomic E-state index is 13.3. The Hall–Kier alpha value is -0.890. The third kappa shape index (κ3) is 3.46. The topological polar surface area (TPSA) is 12.0 Å². The average Bonchev–Trinajstić information content (AvgIpc) is 2.18. The van der Waals surface area contributed by atoms with Crippen LogP contribution in [0.3, 0.4) is 0 Å². The van der Waals surface area contributed by atoms with E-state index in [9.17, 15) is 4.39 Å². The second kappa shape index (κ2) is 5.76. The molecule has 0 amide bonds. The standard InChI is InChI=1S/C12H18FN/c1-10-6-7-12(13)11(9-10)5-3-4-8-14-2/h6-7,9,14H,3-5,8H2,1-2H3. The van der Waals surface area contributed by atoms with Crippen LogP contribution in [0.2, 0.25) is 0 Å². The average molecular weight is 195 g/mol. The minimum atomic E-state index is -0.0694. The minimum Gasteiger partial charge on any atom is -0.320 e. The largest absolute Gasteiger partial charge is 0.320 e. The van der Waals surface area contributed by atoms with Crippen LogP contribution in [-0.4, -0.2) is 13.6 Å². The van der Waals surface area contributed by atoms with Crippen molar-refractivity contribution in [2.75, 3.05) is 13.6 Å². The number of aryl methyl sites for hydroxylation is 2. The fourth-order valence-corrected chi connectivity index (χ4v) is 1.51. The van der Waals surface area contributed by atoms with Gasteiger partial charge in [-0.2, -0.15) is 0 Å². The molecule has 0 radical (unpaired) electrons. The van der Waals surface area contributed by atoms with Gasteiger partial charge in [-0.1, -0.05) is 17.7 Å². The third-order valence-electron chi connectivity index (χ3n) is 2.32. The molecule has 1 nitrogen and oxygen atoms in total. The zero-order valence-electron chi connectivity index (χ0n) is 8.94. The van der Waals surface area contributed by atoms with Crippen LogP contribution in [0, 0.1) is 12.7 Å². The van der Waals surface area contributed by atoms with Crippen molar-refractivity contribution in [3.63, 3.8) is 0 Å². The Labute approximate surface area is 85.3 Å². The number of hydrogen-bond acceptors (Lipinski definition) is 1. The molecule has 0 atom stereocenters. The highest BCUT2D eigenvalue weighted by molar-refractivity contribution is 5.24. The molecule has 1 rings (SSSR count). The minimum absolute atomic E-state index is 0.0694. The number of unbranched alkanes of at least 4 members (excludes halogenated alkanes) is 1. The quantitative estimate of drug-likeness (QED) is 0.712. The maximum Gasteiger partial charge on any atom is 0.126 e. The van der Waals surface area contributed by atoms with Crippen molar-refractivity contribution in [1.29, 1.82) is 0 Å². The Morgan fingerprint density at radius 1 is 1.29 bits per heavy atom. The van der Waals surface area contributed by atoms with Gasteiger partial charge in [0.1, 0.15) is 5.82 Å². The Morgan fingerprint density at radius 3 is 2.79 bits per heavy atom. The van der Waals surface area contributed by atoms with Gasteiger partial charge in [-0.3, -0.25) is 0 Å². The molecule has 0 saturated carbocycles. The number of halogens is 1. The van der Waals surface area contributed by atoms with Gasteiger partial charge >= 0.3 is 0 Å². The first-order valence-electron chi connectivity index (χ1n) is 5.13. The smallest absolute Gasteiger partial charge is 0.126 e. The molecule has 0 bridgehead atoms. The normalized spacial score (nSPS) is 10.5. The zero-order valence-corrected chi connectivity index (χ0v) is 8.94. The van der Waals surface area contributed by atoms with Gasteiger partial charge in [0.15, 0.2) is 0 Å². The second-order valence-corrected chi connectivity index (χ2v) is 3.66. The van der Waals surface area contributed by atoms with Crippen molar-refractivity contribution in [2.24, 2.45) is 0 Å². The Balaban J connectivity index is 2.45. The number of hydrogen-bond donors (Lipinski definition) is 1. The van der Waals surface area contributed by atoms with Crippen molar-refractivity contribution < 1.29 is 4.39 Å². The predicted molar refractivity (Wildman–Crippen MR) is 58.0 cm³/mol. The summed E-state index contributed by atoms with van der Waals surface area (Å²) in [6, 6.07) is 5.31. The third-order valence-corrected chi connectivity index (χ3v) is 2.32. The lowest BCUT2D eigenvalue weighted by molar-refractivity contribution is 0.595. The van der Waals surface area contributed by atoms with Crippen LogP contribution >= 0.6 is 0 Å². The molecule has 0 saturated heterocycles. The first-order chi connectivity index (χ1) is 6.74. The van der Waals surface area contributed by atoms with Crippen molar-refractivity contribution in [1.82, 2.24) is 5.32 Å². The molecule has 0 fully saturated rings. The van der Waals surface area contributed by atoms with Gasteiger partial charge in [-0.15, -0.1) is 0 Å². The monoisotopic (exact) mass is 195 g/mol. The molecular formula is C12H18FN.